The van der Waals surface area contributed by atoms with Crippen LogP contribution >= 0.6 is 28.1 Å². The van der Waals surface area contributed by atoms with Gasteiger partial charge in [0.1, 0.15) is 12.0 Å². The molecule has 0 aliphatic carbocycles. The van der Waals surface area contributed by atoms with Crippen molar-refractivity contribution in [3.63, 3.8) is 0 Å². The molecule has 0 fully saturated rings. The monoisotopic (exact) mass is 258 g/mol. The topological polar surface area (TPSA) is 67.6 Å². The van der Waals surface area contributed by atoms with E-state index in [2.05, 4.69) is 36.1 Å². The van der Waals surface area contributed by atoms with Gasteiger partial charge in [0, 0.05) is 6.20 Å². The third kappa shape index (κ3) is 1.65. The minimum absolute atomic E-state index is 0.223. The third-order valence-electron chi connectivity index (χ3n) is 1.31. The predicted octanol–water partition coefficient (Wildman–Crippen LogP) is 1.95. The van der Waals surface area contributed by atoms with Gasteiger partial charge in [0.05, 0.1) is 4.47 Å². The smallest absolute Gasteiger partial charge is 0.284 e. The van der Waals surface area contributed by atoms with E-state index in [-0.39, 0.29) is 4.84 Å². The Bertz CT molecular complexity index is 479. The van der Waals surface area contributed by atoms with Crippen molar-refractivity contribution in [1.29, 1.82) is 0 Å². The van der Waals surface area contributed by atoms with Crippen molar-refractivity contribution in [3.05, 3.63) is 21.8 Å². The van der Waals surface area contributed by atoms with Crippen LogP contribution in [0.4, 0.5) is 0 Å². The number of nitrogens with zero attached hydrogens (tertiary/aromatic N) is 3. The van der Waals surface area contributed by atoms with Crippen molar-refractivity contribution in [3.8, 4) is 11.6 Å². The molecule has 2 heterocycles. The number of halogens is 1. The molecule has 5 nitrogen and oxygen atoms in total. The second-order valence-corrected chi connectivity index (χ2v) is 3.36. The Kier molecular flexibility index (Phi) is 2.19. The molecule has 0 amide bonds. The fraction of sp³-hybridized carbons (Fsp3) is 0. The molecule has 0 aliphatic heterocycles. The van der Waals surface area contributed by atoms with Crippen LogP contribution in [0.15, 0.2) is 21.4 Å². The lowest BCUT2D eigenvalue weighted by Crippen LogP contribution is -1.86. The highest BCUT2D eigenvalue weighted by molar-refractivity contribution is 9.10. The maximum Gasteiger partial charge on any atom is 0.284 e. The van der Waals surface area contributed by atoms with Crippen LogP contribution in [-0.4, -0.2) is 20.2 Å². The first kappa shape index (κ1) is 8.52. The van der Waals surface area contributed by atoms with Gasteiger partial charge in [-0.25, -0.2) is 15.1 Å². The zero-order valence-corrected chi connectivity index (χ0v) is 8.59. The molecule has 0 saturated carbocycles. The second kappa shape index (κ2) is 3.35. The number of hydrogen-bond acceptors (Lipinski definition) is 5. The van der Waals surface area contributed by atoms with E-state index < -0.39 is 0 Å². The molecule has 0 aliphatic rings. The highest BCUT2D eigenvalue weighted by Gasteiger charge is 2.09. The molecule has 0 unspecified atom stereocenters. The lowest BCUT2D eigenvalue weighted by molar-refractivity contribution is 0.549. The Morgan fingerprint density at radius 3 is 3.00 bits per heavy atom. The van der Waals surface area contributed by atoms with Gasteiger partial charge in [0.15, 0.2) is 0 Å². The van der Waals surface area contributed by atoms with E-state index in [1.807, 2.05) is 0 Å². The van der Waals surface area contributed by atoms with Crippen molar-refractivity contribution in [2.24, 2.45) is 0 Å². The maximum absolute atomic E-state index is 5.08. The van der Waals surface area contributed by atoms with Crippen LogP contribution in [0.1, 0.15) is 0 Å². The van der Waals surface area contributed by atoms with Gasteiger partial charge >= 0.3 is 0 Å². The van der Waals surface area contributed by atoms with Crippen molar-refractivity contribution in [2.45, 2.75) is 0 Å². The molecule has 2 aromatic rings. The summed E-state index contributed by atoms with van der Waals surface area (Å²) in [7, 11) is 0. The molecule has 66 valence electrons. The number of aromatic nitrogens is 4. The Labute approximate surface area is 86.4 Å². The first-order valence-electron chi connectivity index (χ1n) is 3.29. The van der Waals surface area contributed by atoms with Crippen LogP contribution in [0.5, 0.6) is 0 Å². The molecule has 0 spiro atoms. The number of hydrogen-bond donors (Lipinski definition) is 1. The van der Waals surface area contributed by atoms with E-state index in [0.29, 0.717) is 16.1 Å². The zero-order valence-electron chi connectivity index (χ0n) is 6.19. The van der Waals surface area contributed by atoms with Gasteiger partial charge in [-0.1, -0.05) is 0 Å². The molecule has 1 N–H and O–H groups in total. The van der Waals surface area contributed by atoms with E-state index in [9.17, 15) is 0 Å². The average molecular weight is 259 g/mol. The summed E-state index contributed by atoms with van der Waals surface area (Å²) in [6, 6.07) is 0. The van der Waals surface area contributed by atoms with E-state index in [0.717, 1.165) is 0 Å². The fourth-order valence-electron chi connectivity index (χ4n) is 0.801. The molecule has 0 atom stereocenters. The Morgan fingerprint density at radius 2 is 2.38 bits per heavy atom. The van der Waals surface area contributed by atoms with Crippen molar-refractivity contribution < 1.29 is 4.42 Å². The van der Waals surface area contributed by atoms with Gasteiger partial charge in [0.2, 0.25) is 0 Å². The average Bonchev–Trinajstić information content (AvgIpc) is 2.53. The van der Waals surface area contributed by atoms with Gasteiger partial charge < -0.3 is 4.42 Å². The number of H-pyrrole nitrogens is 1. The Balaban J connectivity index is 2.58. The van der Waals surface area contributed by atoms with Crippen molar-refractivity contribution >= 4 is 28.1 Å². The lowest BCUT2D eigenvalue weighted by Gasteiger charge is -1.94. The first-order valence-corrected chi connectivity index (χ1v) is 4.49. The van der Waals surface area contributed by atoms with Gasteiger partial charge in [-0.15, -0.1) is 5.10 Å². The van der Waals surface area contributed by atoms with Gasteiger partial charge in [-0.05, 0) is 28.1 Å². The summed E-state index contributed by atoms with van der Waals surface area (Å²) in [5.74, 6) is 0.347. The van der Waals surface area contributed by atoms with E-state index in [1.54, 1.807) is 6.20 Å². The number of rotatable bonds is 1. The van der Waals surface area contributed by atoms with Crippen molar-refractivity contribution in [1.82, 2.24) is 20.2 Å². The van der Waals surface area contributed by atoms with Crippen LogP contribution in [0.3, 0.4) is 0 Å². The summed E-state index contributed by atoms with van der Waals surface area (Å²) >= 11 is 8.00. The molecular weight excluding hydrogens is 256 g/mol. The molecule has 7 heteroatoms. The highest BCUT2D eigenvalue weighted by atomic mass is 79.9. The minimum atomic E-state index is 0.223. The van der Waals surface area contributed by atoms with Crippen LogP contribution < -0.4 is 0 Å². The molecule has 13 heavy (non-hydrogen) atoms. The van der Waals surface area contributed by atoms with Crippen LogP contribution in [0.2, 0.25) is 0 Å². The minimum Gasteiger partial charge on any atom is -0.408 e. The molecule has 0 radical (unpaired) electrons. The summed E-state index contributed by atoms with van der Waals surface area (Å²) in [5.41, 5.74) is 0.572. The quantitative estimate of drug-likeness (QED) is 0.793. The number of aromatic amines is 1. The van der Waals surface area contributed by atoms with Crippen molar-refractivity contribution in [2.75, 3.05) is 0 Å². The largest absolute Gasteiger partial charge is 0.408 e. The van der Waals surface area contributed by atoms with E-state index >= 15 is 0 Å². The summed E-state index contributed by atoms with van der Waals surface area (Å²) in [5, 5.41) is 6.34. The molecular formula is C6H3BrN4OS. The normalized spacial score (nSPS) is 10.2. The summed E-state index contributed by atoms with van der Waals surface area (Å²) in [6.07, 6.45) is 3.02. The predicted molar refractivity (Wildman–Crippen MR) is 50.4 cm³/mol. The second-order valence-electron chi connectivity index (χ2n) is 2.14. The SMILES string of the molecule is S=c1[nH]nc(-c2ncncc2Br)o1. The lowest BCUT2D eigenvalue weighted by atomic mass is 10.4. The Morgan fingerprint density at radius 1 is 1.54 bits per heavy atom. The van der Waals surface area contributed by atoms with E-state index in [4.69, 9.17) is 16.6 Å². The fourth-order valence-corrected chi connectivity index (χ4v) is 1.32. The molecule has 2 aromatic heterocycles. The van der Waals surface area contributed by atoms with Crippen LogP contribution in [-0.2, 0) is 0 Å². The maximum atomic E-state index is 5.08. The third-order valence-corrected chi connectivity index (χ3v) is 2.06. The standard InChI is InChI=1S/C6H3BrN4OS/c7-3-1-8-2-9-4(3)5-10-11-6(13)12-5/h1-2H,(H,11,13). The number of nitrogens with one attached hydrogen (secondary N) is 1. The summed E-state index contributed by atoms with van der Waals surface area (Å²) in [6.45, 7) is 0. The molecule has 0 aromatic carbocycles. The van der Waals surface area contributed by atoms with Crippen LogP contribution in [0, 0.1) is 4.84 Å². The summed E-state index contributed by atoms with van der Waals surface area (Å²) in [4.78, 5) is 8.02. The molecule has 2 rings (SSSR count). The highest BCUT2D eigenvalue weighted by Crippen LogP contribution is 2.22. The van der Waals surface area contributed by atoms with Gasteiger partial charge in [-0.3, -0.25) is 0 Å². The van der Waals surface area contributed by atoms with E-state index in [1.165, 1.54) is 6.33 Å². The molecule has 0 bridgehead atoms. The van der Waals surface area contributed by atoms with Gasteiger partial charge in [-0.2, -0.15) is 0 Å². The molecule has 0 saturated heterocycles. The van der Waals surface area contributed by atoms with Gasteiger partial charge in [0.25, 0.3) is 10.7 Å². The van der Waals surface area contributed by atoms with Crippen LogP contribution in [0.25, 0.3) is 11.6 Å². The summed E-state index contributed by atoms with van der Waals surface area (Å²) < 4.78 is 5.79. The zero-order chi connectivity index (χ0) is 9.26. The first-order chi connectivity index (χ1) is 6.27. The Hall–Kier alpha value is -1.08.